The molecule has 10 nitrogen and oxygen atoms in total. The number of nitrogens with one attached hydrogen (secondary N) is 1. The average Bonchev–Trinajstić information content (AvgIpc) is 3.14. The molecule has 0 saturated heterocycles. The second-order valence-corrected chi connectivity index (χ2v) is 6.05. The number of nitrogens with zero attached hydrogens (tertiary/aromatic N) is 3. The number of benzene rings is 2. The number of carbonyl (C=O) groups is 2. The molecule has 0 aliphatic rings. The van der Waals surface area contributed by atoms with E-state index in [1.807, 2.05) is 6.07 Å². The van der Waals surface area contributed by atoms with E-state index >= 15 is 0 Å². The fraction of sp³-hybridized carbons (Fsp3) is 0.100. The first-order valence-corrected chi connectivity index (χ1v) is 8.58. The Kier molecular flexibility index (Phi) is 5.84. The van der Waals surface area contributed by atoms with Crippen molar-refractivity contribution in [1.82, 2.24) is 5.16 Å². The maximum absolute atomic E-state index is 12.5. The van der Waals surface area contributed by atoms with E-state index in [4.69, 9.17) is 14.5 Å². The van der Waals surface area contributed by atoms with Gasteiger partial charge in [0.25, 0.3) is 11.6 Å². The van der Waals surface area contributed by atoms with Crippen molar-refractivity contribution in [2.75, 3.05) is 11.9 Å². The average molecular weight is 406 g/mol. The molecule has 0 fully saturated rings. The minimum Gasteiger partial charge on any atom is -0.452 e. The van der Waals surface area contributed by atoms with Gasteiger partial charge in [0.1, 0.15) is 23.1 Å². The third kappa shape index (κ3) is 4.31. The Labute approximate surface area is 169 Å². The van der Waals surface area contributed by atoms with E-state index in [0.29, 0.717) is 11.3 Å². The lowest BCUT2D eigenvalue weighted by atomic mass is 10.1. The number of aromatic nitrogens is 1. The van der Waals surface area contributed by atoms with Gasteiger partial charge in [-0.3, -0.25) is 14.9 Å². The Bertz CT molecular complexity index is 1160. The largest absolute Gasteiger partial charge is 0.452 e. The SMILES string of the molecule is Cc1onc(-c2ccccc2)c1C(=O)OCC(=O)Nc1ccc([N+](=O)[O-])cc1C#N. The molecule has 150 valence electrons. The standard InChI is InChI=1S/C20H14N4O6/c1-12-18(19(23-30-12)13-5-3-2-4-6-13)20(26)29-11-17(25)22-16-8-7-15(24(27)28)9-14(16)10-21/h2-9H,11H2,1H3,(H,22,25). The van der Waals surface area contributed by atoms with Crippen LogP contribution in [0.5, 0.6) is 0 Å². The number of anilines is 1. The van der Waals surface area contributed by atoms with Crippen LogP contribution in [-0.2, 0) is 9.53 Å². The molecule has 1 heterocycles. The summed E-state index contributed by atoms with van der Waals surface area (Å²) in [5, 5.41) is 26.2. The van der Waals surface area contributed by atoms with Gasteiger partial charge in [0.2, 0.25) is 0 Å². The summed E-state index contributed by atoms with van der Waals surface area (Å²) in [6.45, 7) is 0.908. The van der Waals surface area contributed by atoms with Crippen molar-refractivity contribution in [3.63, 3.8) is 0 Å². The Balaban J connectivity index is 1.69. The summed E-state index contributed by atoms with van der Waals surface area (Å²) in [6, 6.07) is 14.0. The van der Waals surface area contributed by atoms with Crippen LogP contribution >= 0.6 is 0 Å². The van der Waals surface area contributed by atoms with Crippen molar-refractivity contribution >= 4 is 23.3 Å². The summed E-state index contributed by atoms with van der Waals surface area (Å²) < 4.78 is 10.1. The molecular formula is C20H14N4O6. The summed E-state index contributed by atoms with van der Waals surface area (Å²) in [5.41, 5.74) is 0.728. The van der Waals surface area contributed by atoms with Gasteiger partial charge in [0.05, 0.1) is 16.2 Å². The van der Waals surface area contributed by atoms with Crippen LogP contribution in [0.1, 0.15) is 21.7 Å². The van der Waals surface area contributed by atoms with Crippen LogP contribution in [0.3, 0.4) is 0 Å². The molecule has 1 amide bonds. The fourth-order valence-corrected chi connectivity index (χ4v) is 2.64. The molecule has 0 radical (unpaired) electrons. The van der Waals surface area contributed by atoms with Crippen LogP contribution in [0.25, 0.3) is 11.3 Å². The molecule has 1 aromatic heterocycles. The van der Waals surface area contributed by atoms with Gasteiger partial charge in [-0.15, -0.1) is 0 Å². The number of nitriles is 1. The van der Waals surface area contributed by atoms with Gasteiger partial charge in [0, 0.05) is 17.7 Å². The van der Waals surface area contributed by atoms with Crippen LogP contribution in [0.15, 0.2) is 53.1 Å². The Hall–Kier alpha value is -4.52. The lowest BCUT2D eigenvalue weighted by molar-refractivity contribution is -0.384. The van der Waals surface area contributed by atoms with Crippen LogP contribution < -0.4 is 5.32 Å². The van der Waals surface area contributed by atoms with Crippen LogP contribution in [-0.4, -0.2) is 28.6 Å². The number of esters is 1. The molecule has 2 aromatic carbocycles. The monoisotopic (exact) mass is 406 g/mol. The van der Waals surface area contributed by atoms with Crippen molar-refractivity contribution < 1.29 is 23.8 Å². The van der Waals surface area contributed by atoms with Crippen molar-refractivity contribution in [3.8, 4) is 17.3 Å². The smallest absolute Gasteiger partial charge is 0.344 e. The summed E-state index contributed by atoms with van der Waals surface area (Å²) in [5.74, 6) is -1.28. The topological polar surface area (TPSA) is 148 Å². The number of ether oxygens (including phenoxy) is 1. The molecule has 3 rings (SSSR count). The van der Waals surface area contributed by atoms with Gasteiger partial charge < -0.3 is 14.6 Å². The number of non-ortho nitro benzene ring substituents is 1. The summed E-state index contributed by atoms with van der Waals surface area (Å²) in [7, 11) is 0. The molecule has 0 aliphatic heterocycles. The molecule has 0 spiro atoms. The van der Waals surface area contributed by atoms with E-state index in [-0.39, 0.29) is 28.3 Å². The third-order valence-electron chi connectivity index (χ3n) is 4.06. The molecule has 10 heteroatoms. The maximum atomic E-state index is 12.5. The summed E-state index contributed by atoms with van der Waals surface area (Å²) >= 11 is 0. The predicted octanol–water partition coefficient (Wildman–Crippen LogP) is 3.23. The highest BCUT2D eigenvalue weighted by Gasteiger charge is 2.24. The van der Waals surface area contributed by atoms with E-state index < -0.39 is 23.4 Å². The highest BCUT2D eigenvalue weighted by Crippen LogP contribution is 2.26. The van der Waals surface area contributed by atoms with Gasteiger partial charge in [-0.05, 0) is 13.0 Å². The molecule has 0 bridgehead atoms. The van der Waals surface area contributed by atoms with E-state index in [1.165, 1.54) is 6.07 Å². The van der Waals surface area contributed by atoms with E-state index in [0.717, 1.165) is 12.1 Å². The zero-order valence-corrected chi connectivity index (χ0v) is 15.6. The third-order valence-corrected chi connectivity index (χ3v) is 4.06. The van der Waals surface area contributed by atoms with Crippen LogP contribution in [0, 0.1) is 28.4 Å². The molecule has 1 N–H and O–H groups in total. The Morgan fingerprint density at radius 3 is 2.67 bits per heavy atom. The highest BCUT2D eigenvalue weighted by molar-refractivity contribution is 5.99. The molecule has 3 aromatic rings. The van der Waals surface area contributed by atoms with Crippen LogP contribution in [0.4, 0.5) is 11.4 Å². The van der Waals surface area contributed by atoms with E-state index in [1.54, 1.807) is 37.3 Å². The Morgan fingerprint density at radius 2 is 2.00 bits per heavy atom. The predicted molar refractivity (Wildman–Crippen MR) is 103 cm³/mol. The number of hydrogen-bond acceptors (Lipinski definition) is 8. The molecule has 0 aliphatic carbocycles. The zero-order valence-electron chi connectivity index (χ0n) is 15.6. The van der Waals surface area contributed by atoms with Crippen molar-refractivity contribution in [1.29, 1.82) is 5.26 Å². The van der Waals surface area contributed by atoms with Gasteiger partial charge in [-0.1, -0.05) is 35.5 Å². The maximum Gasteiger partial charge on any atom is 0.344 e. The second-order valence-electron chi connectivity index (χ2n) is 6.05. The normalized spacial score (nSPS) is 10.1. The Morgan fingerprint density at radius 1 is 1.27 bits per heavy atom. The molecular weight excluding hydrogens is 392 g/mol. The molecule has 0 atom stereocenters. The second kappa shape index (κ2) is 8.66. The number of nitro groups is 1. The highest BCUT2D eigenvalue weighted by atomic mass is 16.6. The first-order chi connectivity index (χ1) is 14.4. The number of rotatable bonds is 6. The number of aryl methyl sites for hydroxylation is 1. The summed E-state index contributed by atoms with van der Waals surface area (Å²) in [4.78, 5) is 34.8. The van der Waals surface area contributed by atoms with Crippen molar-refractivity contribution in [2.24, 2.45) is 0 Å². The fourth-order valence-electron chi connectivity index (χ4n) is 2.64. The lowest BCUT2D eigenvalue weighted by Gasteiger charge is -2.08. The number of nitro benzene ring substituents is 1. The number of hydrogen-bond donors (Lipinski definition) is 1. The molecule has 0 unspecified atom stereocenters. The first kappa shape index (κ1) is 20.2. The first-order valence-electron chi connectivity index (χ1n) is 8.58. The summed E-state index contributed by atoms with van der Waals surface area (Å²) in [6.07, 6.45) is 0. The van der Waals surface area contributed by atoms with Gasteiger partial charge in [0.15, 0.2) is 6.61 Å². The van der Waals surface area contributed by atoms with Crippen molar-refractivity contribution in [3.05, 3.63) is 75.5 Å². The van der Waals surface area contributed by atoms with Crippen LogP contribution in [0.2, 0.25) is 0 Å². The number of carbonyl (C=O) groups excluding carboxylic acids is 2. The molecule has 30 heavy (non-hydrogen) atoms. The van der Waals surface area contributed by atoms with Gasteiger partial charge >= 0.3 is 5.97 Å². The van der Waals surface area contributed by atoms with Gasteiger partial charge in [-0.25, -0.2) is 4.79 Å². The van der Waals surface area contributed by atoms with E-state index in [9.17, 15) is 19.7 Å². The lowest BCUT2D eigenvalue weighted by Crippen LogP contribution is -2.21. The number of amides is 1. The zero-order chi connectivity index (χ0) is 21.7. The van der Waals surface area contributed by atoms with E-state index in [2.05, 4.69) is 10.5 Å². The van der Waals surface area contributed by atoms with Crippen molar-refractivity contribution in [2.45, 2.75) is 6.92 Å². The minimum absolute atomic E-state index is 0.0651. The molecule has 0 saturated carbocycles. The van der Waals surface area contributed by atoms with Gasteiger partial charge in [-0.2, -0.15) is 5.26 Å². The minimum atomic E-state index is -0.799. The quantitative estimate of drug-likeness (QED) is 0.372.